The van der Waals surface area contributed by atoms with E-state index in [2.05, 4.69) is 15.9 Å². The van der Waals surface area contributed by atoms with Gasteiger partial charge >= 0.3 is 0 Å². The highest BCUT2D eigenvalue weighted by atomic mass is 79.9. The number of aliphatic hydroxyl groups excluding tert-OH is 1. The third-order valence-electron chi connectivity index (χ3n) is 2.19. The lowest BCUT2D eigenvalue weighted by molar-refractivity contribution is 0.214. The molecule has 1 N–H and O–H groups in total. The number of hydrogen-bond donors (Lipinski definition) is 1. The number of halogens is 3. The van der Waals surface area contributed by atoms with Gasteiger partial charge in [-0.15, -0.1) is 0 Å². The lowest BCUT2D eigenvalue weighted by Gasteiger charge is -2.11. The van der Waals surface area contributed by atoms with E-state index < -0.39 is 17.7 Å². The van der Waals surface area contributed by atoms with Crippen LogP contribution in [0.5, 0.6) is 0 Å². The molecule has 0 aliphatic rings. The molecular weight excluding hydrogens is 298 g/mol. The third kappa shape index (κ3) is 2.16. The molecule has 0 saturated heterocycles. The molecular formula is C11H7BrF2OS. The van der Waals surface area contributed by atoms with Gasteiger partial charge in [-0.1, -0.05) is 0 Å². The Morgan fingerprint density at radius 3 is 2.56 bits per heavy atom. The highest BCUT2D eigenvalue weighted by molar-refractivity contribution is 9.10. The molecule has 2 aromatic rings. The maximum Gasteiger partial charge on any atom is 0.129 e. The lowest BCUT2D eigenvalue weighted by atomic mass is 10.0. The van der Waals surface area contributed by atoms with Crippen molar-refractivity contribution in [2.75, 3.05) is 0 Å². The zero-order chi connectivity index (χ0) is 11.7. The Hall–Kier alpha value is -0.780. The molecule has 84 valence electrons. The van der Waals surface area contributed by atoms with E-state index in [1.165, 1.54) is 11.3 Å². The minimum atomic E-state index is -1.16. The summed E-state index contributed by atoms with van der Waals surface area (Å²) in [7, 11) is 0. The van der Waals surface area contributed by atoms with Crippen LogP contribution in [0.3, 0.4) is 0 Å². The molecule has 0 aliphatic heterocycles. The van der Waals surface area contributed by atoms with Crippen LogP contribution >= 0.6 is 27.3 Å². The lowest BCUT2D eigenvalue weighted by Crippen LogP contribution is -2.02. The van der Waals surface area contributed by atoms with Crippen molar-refractivity contribution in [2.45, 2.75) is 6.10 Å². The molecule has 1 atom stereocenters. The molecule has 1 aromatic heterocycles. The van der Waals surface area contributed by atoms with E-state index in [-0.39, 0.29) is 5.56 Å². The van der Waals surface area contributed by atoms with Crippen LogP contribution in [0.1, 0.15) is 17.2 Å². The van der Waals surface area contributed by atoms with Gasteiger partial charge in [0.15, 0.2) is 0 Å². The SMILES string of the molecule is OC(c1cc(F)ccc1F)c1cscc1Br. The molecule has 0 saturated carbocycles. The van der Waals surface area contributed by atoms with Crippen LogP contribution in [0.4, 0.5) is 8.78 Å². The molecule has 1 aromatic carbocycles. The predicted molar refractivity (Wildman–Crippen MR) is 62.4 cm³/mol. The Morgan fingerprint density at radius 1 is 1.19 bits per heavy atom. The number of aliphatic hydroxyl groups is 1. The van der Waals surface area contributed by atoms with E-state index in [0.29, 0.717) is 10.0 Å². The van der Waals surface area contributed by atoms with Gasteiger partial charge in [0.05, 0.1) is 0 Å². The van der Waals surface area contributed by atoms with E-state index in [9.17, 15) is 13.9 Å². The van der Waals surface area contributed by atoms with Crippen molar-refractivity contribution in [3.8, 4) is 0 Å². The van der Waals surface area contributed by atoms with Gasteiger partial charge < -0.3 is 5.11 Å². The molecule has 0 amide bonds. The highest BCUT2D eigenvalue weighted by Crippen LogP contribution is 2.32. The minimum absolute atomic E-state index is 0.0564. The number of thiophene rings is 1. The molecule has 2 rings (SSSR count). The normalized spacial score (nSPS) is 12.8. The molecule has 1 nitrogen and oxygen atoms in total. The van der Waals surface area contributed by atoms with Crippen molar-refractivity contribution < 1.29 is 13.9 Å². The Morgan fingerprint density at radius 2 is 1.94 bits per heavy atom. The van der Waals surface area contributed by atoms with Crippen LogP contribution in [0, 0.1) is 11.6 Å². The summed E-state index contributed by atoms with van der Waals surface area (Å²) < 4.78 is 27.1. The fraction of sp³-hybridized carbons (Fsp3) is 0.0909. The fourth-order valence-corrected chi connectivity index (χ4v) is 2.91. The van der Waals surface area contributed by atoms with Crippen LogP contribution in [0.15, 0.2) is 33.4 Å². The van der Waals surface area contributed by atoms with Gasteiger partial charge in [0.25, 0.3) is 0 Å². The topological polar surface area (TPSA) is 20.2 Å². The quantitative estimate of drug-likeness (QED) is 0.893. The molecule has 1 unspecified atom stereocenters. The molecule has 16 heavy (non-hydrogen) atoms. The van der Waals surface area contributed by atoms with Crippen LogP contribution in [0.2, 0.25) is 0 Å². The first-order valence-corrected chi connectivity index (χ1v) is 6.18. The van der Waals surface area contributed by atoms with Crippen LogP contribution in [-0.2, 0) is 0 Å². The second kappa shape index (κ2) is 4.61. The standard InChI is InChI=1S/C11H7BrF2OS/c12-9-5-16-4-8(9)11(15)7-3-6(13)1-2-10(7)14/h1-5,11,15H. The molecule has 0 aliphatic carbocycles. The average molecular weight is 305 g/mol. The largest absolute Gasteiger partial charge is 0.383 e. The molecule has 1 heterocycles. The van der Waals surface area contributed by atoms with Gasteiger partial charge in [0.2, 0.25) is 0 Å². The van der Waals surface area contributed by atoms with Gasteiger partial charge in [0.1, 0.15) is 17.7 Å². The van der Waals surface area contributed by atoms with Crippen molar-refractivity contribution in [1.82, 2.24) is 0 Å². The monoisotopic (exact) mass is 304 g/mol. The van der Waals surface area contributed by atoms with Gasteiger partial charge in [-0.25, -0.2) is 8.78 Å². The Bertz CT molecular complexity index is 512. The van der Waals surface area contributed by atoms with Crippen LogP contribution < -0.4 is 0 Å². The van der Waals surface area contributed by atoms with E-state index in [1.807, 2.05) is 0 Å². The summed E-state index contributed by atoms with van der Waals surface area (Å²) in [6.45, 7) is 0. The summed E-state index contributed by atoms with van der Waals surface area (Å²) in [6.07, 6.45) is -1.16. The fourth-order valence-electron chi connectivity index (χ4n) is 1.38. The van der Waals surface area contributed by atoms with Crippen molar-refractivity contribution in [3.05, 3.63) is 56.2 Å². The van der Waals surface area contributed by atoms with E-state index in [1.54, 1.807) is 10.8 Å². The van der Waals surface area contributed by atoms with Crippen molar-refractivity contribution in [2.24, 2.45) is 0 Å². The van der Waals surface area contributed by atoms with E-state index in [4.69, 9.17) is 0 Å². The first-order valence-electron chi connectivity index (χ1n) is 4.44. The second-order valence-electron chi connectivity index (χ2n) is 3.24. The van der Waals surface area contributed by atoms with Gasteiger partial charge in [-0.05, 0) is 39.5 Å². The van der Waals surface area contributed by atoms with Gasteiger partial charge in [-0.2, -0.15) is 11.3 Å². The summed E-state index contributed by atoms with van der Waals surface area (Å²) in [5.74, 6) is -1.19. The number of hydrogen-bond acceptors (Lipinski definition) is 2. The van der Waals surface area contributed by atoms with Crippen molar-refractivity contribution >= 4 is 27.3 Å². The minimum Gasteiger partial charge on any atom is -0.383 e. The maximum atomic E-state index is 13.4. The van der Waals surface area contributed by atoms with Crippen molar-refractivity contribution in [1.29, 1.82) is 0 Å². The zero-order valence-corrected chi connectivity index (χ0v) is 10.4. The second-order valence-corrected chi connectivity index (χ2v) is 4.84. The number of rotatable bonds is 2. The summed E-state index contributed by atoms with van der Waals surface area (Å²) in [4.78, 5) is 0. The summed E-state index contributed by atoms with van der Waals surface area (Å²) in [5.41, 5.74) is 0.480. The smallest absolute Gasteiger partial charge is 0.129 e. The predicted octanol–water partition coefficient (Wildman–Crippen LogP) is 3.87. The molecule has 0 spiro atoms. The molecule has 5 heteroatoms. The van der Waals surface area contributed by atoms with Crippen LogP contribution in [0.25, 0.3) is 0 Å². The summed E-state index contributed by atoms with van der Waals surface area (Å²) in [6, 6.07) is 3.03. The zero-order valence-electron chi connectivity index (χ0n) is 7.95. The van der Waals surface area contributed by atoms with E-state index in [0.717, 1.165) is 18.2 Å². The molecule has 0 fully saturated rings. The Balaban J connectivity index is 2.45. The Labute approximate surface area is 103 Å². The van der Waals surface area contributed by atoms with Crippen LogP contribution in [-0.4, -0.2) is 5.11 Å². The van der Waals surface area contributed by atoms with Gasteiger partial charge in [-0.3, -0.25) is 0 Å². The summed E-state index contributed by atoms with van der Waals surface area (Å²) >= 11 is 4.62. The van der Waals surface area contributed by atoms with Crippen molar-refractivity contribution in [3.63, 3.8) is 0 Å². The molecule has 0 bridgehead atoms. The summed E-state index contributed by atoms with van der Waals surface area (Å²) in [5, 5.41) is 13.4. The van der Waals surface area contributed by atoms with E-state index >= 15 is 0 Å². The third-order valence-corrected chi connectivity index (χ3v) is 3.94. The maximum absolute atomic E-state index is 13.4. The van der Waals surface area contributed by atoms with Gasteiger partial charge in [0, 0.05) is 21.0 Å². The molecule has 0 radical (unpaired) electrons. The highest BCUT2D eigenvalue weighted by Gasteiger charge is 2.18. The number of benzene rings is 1. The average Bonchev–Trinajstić information content (AvgIpc) is 2.67. The first kappa shape index (κ1) is 11.7. The Kier molecular flexibility index (Phi) is 3.37. The first-order chi connectivity index (χ1) is 7.59.